The summed E-state index contributed by atoms with van der Waals surface area (Å²) >= 11 is 1.90. The van der Waals surface area contributed by atoms with Gasteiger partial charge in [0.15, 0.2) is 0 Å². The Morgan fingerprint density at radius 2 is 2.47 bits per heavy atom. The molecule has 2 rings (SSSR count). The largest absolute Gasteiger partial charge is 0.330 e. The van der Waals surface area contributed by atoms with Gasteiger partial charge in [0.05, 0.1) is 5.01 Å². The molecule has 17 heavy (non-hydrogen) atoms. The summed E-state index contributed by atoms with van der Waals surface area (Å²) in [5.74, 6) is 0.667. The molecule has 0 radical (unpaired) electrons. The monoisotopic (exact) mass is 253 g/mol. The van der Waals surface area contributed by atoms with Gasteiger partial charge in [0.2, 0.25) is 0 Å². The second kappa shape index (κ2) is 6.47. The highest BCUT2D eigenvalue weighted by molar-refractivity contribution is 7.11. The van der Waals surface area contributed by atoms with E-state index in [1.807, 2.05) is 11.3 Å². The third kappa shape index (κ3) is 3.50. The van der Waals surface area contributed by atoms with Gasteiger partial charge in [0.1, 0.15) is 0 Å². The highest BCUT2D eigenvalue weighted by Crippen LogP contribution is 2.30. The number of likely N-dealkylation sites (N-methyl/N-ethyl adjacent to an activating group) is 1. The molecule has 1 unspecified atom stereocenters. The van der Waals surface area contributed by atoms with Crippen LogP contribution in [0.5, 0.6) is 0 Å². The molecule has 1 aliphatic heterocycles. The Morgan fingerprint density at radius 3 is 3.24 bits per heavy atom. The van der Waals surface area contributed by atoms with E-state index in [9.17, 15) is 0 Å². The number of likely N-dealkylation sites (tertiary alicyclic amines) is 1. The highest BCUT2D eigenvalue weighted by atomic mass is 32.1. The van der Waals surface area contributed by atoms with Crippen molar-refractivity contribution in [2.45, 2.75) is 38.5 Å². The first-order valence-corrected chi connectivity index (χ1v) is 7.52. The second-order valence-corrected chi connectivity index (χ2v) is 5.94. The molecule has 2 heterocycles. The van der Waals surface area contributed by atoms with Crippen LogP contribution in [0.2, 0.25) is 0 Å². The van der Waals surface area contributed by atoms with Crippen molar-refractivity contribution >= 4 is 11.3 Å². The van der Waals surface area contributed by atoms with E-state index < -0.39 is 0 Å². The second-order valence-electron chi connectivity index (χ2n) is 4.79. The van der Waals surface area contributed by atoms with Gasteiger partial charge < -0.3 is 10.6 Å². The topological polar surface area (TPSA) is 42.2 Å². The van der Waals surface area contributed by atoms with Gasteiger partial charge in [-0.2, -0.15) is 0 Å². The minimum Gasteiger partial charge on any atom is -0.330 e. The Hall–Kier alpha value is -0.450. The molecule has 1 saturated heterocycles. The molecule has 0 aliphatic carbocycles. The average Bonchev–Trinajstić information content (AvgIpc) is 2.85. The minimum atomic E-state index is 0.667. The van der Waals surface area contributed by atoms with Crippen molar-refractivity contribution in [2.75, 3.05) is 26.2 Å². The fraction of sp³-hybridized carbons (Fsp3) is 0.769. The van der Waals surface area contributed by atoms with Crippen LogP contribution < -0.4 is 5.73 Å². The van der Waals surface area contributed by atoms with Gasteiger partial charge >= 0.3 is 0 Å². The summed E-state index contributed by atoms with van der Waals surface area (Å²) < 4.78 is 0. The molecular formula is C13H23N3S. The van der Waals surface area contributed by atoms with Crippen molar-refractivity contribution in [1.82, 2.24) is 9.88 Å². The van der Waals surface area contributed by atoms with E-state index in [4.69, 9.17) is 5.73 Å². The van der Waals surface area contributed by atoms with E-state index in [1.54, 1.807) is 0 Å². The lowest BCUT2D eigenvalue weighted by molar-refractivity contribution is 0.218. The summed E-state index contributed by atoms with van der Waals surface area (Å²) in [6.07, 6.45) is 6.85. The Balaban J connectivity index is 1.94. The van der Waals surface area contributed by atoms with Crippen LogP contribution in [0.1, 0.15) is 42.0 Å². The summed E-state index contributed by atoms with van der Waals surface area (Å²) in [5, 5.41) is 1.34. The fourth-order valence-electron chi connectivity index (χ4n) is 2.45. The van der Waals surface area contributed by atoms with Gasteiger partial charge in [-0.3, -0.25) is 0 Å². The number of hydrogen-bond acceptors (Lipinski definition) is 4. The highest BCUT2D eigenvalue weighted by Gasteiger charge is 2.22. The van der Waals surface area contributed by atoms with Crippen LogP contribution in [0.3, 0.4) is 0 Å². The normalized spacial score (nSPS) is 21.9. The van der Waals surface area contributed by atoms with Gasteiger partial charge in [0, 0.05) is 23.5 Å². The quantitative estimate of drug-likeness (QED) is 0.875. The van der Waals surface area contributed by atoms with Crippen molar-refractivity contribution in [3.63, 3.8) is 0 Å². The molecule has 1 atom stereocenters. The zero-order valence-corrected chi connectivity index (χ0v) is 11.5. The SMILES string of the molecule is CCN1CCCC(c2ncc(CCCN)s2)C1. The molecule has 4 heteroatoms. The maximum absolute atomic E-state index is 5.54. The standard InChI is InChI=1S/C13H23N3S/c1-2-16-8-4-5-11(10-16)13-15-9-12(17-13)6-3-7-14/h9,11H,2-8,10,14H2,1H3. The molecule has 1 aromatic rings. The van der Waals surface area contributed by atoms with E-state index in [2.05, 4.69) is 23.0 Å². The summed E-state index contributed by atoms with van der Waals surface area (Å²) in [4.78, 5) is 8.55. The third-order valence-electron chi connectivity index (χ3n) is 3.50. The van der Waals surface area contributed by atoms with Crippen molar-refractivity contribution in [1.29, 1.82) is 0 Å². The number of thiazole rings is 1. The van der Waals surface area contributed by atoms with Crippen molar-refractivity contribution in [3.05, 3.63) is 16.1 Å². The molecular weight excluding hydrogens is 230 g/mol. The first-order chi connectivity index (χ1) is 8.33. The maximum atomic E-state index is 5.54. The Labute approximate surface area is 108 Å². The molecule has 0 saturated carbocycles. The van der Waals surface area contributed by atoms with E-state index >= 15 is 0 Å². The zero-order valence-electron chi connectivity index (χ0n) is 10.7. The van der Waals surface area contributed by atoms with Gasteiger partial charge in [-0.1, -0.05) is 6.92 Å². The van der Waals surface area contributed by atoms with Gasteiger partial charge in [-0.25, -0.2) is 4.98 Å². The number of aryl methyl sites for hydroxylation is 1. The zero-order chi connectivity index (χ0) is 12.1. The summed E-state index contributed by atoms with van der Waals surface area (Å²) in [5.41, 5.74) is 5.54. The first kappa shape index (κ1) is 13.0. The predicted octanol–water partition coefficient (Wildman–Crippen LogP) is 2.23. The van der Waals surface area contributed by atoms with E-state index in [0.29, 0.717) is 5.92 Å². The lowest BCUT2D eigenvalue weighted by atomic mass is 9.99. The van der Waals surface area contributed by atoms with Crippen molar-refractivity contribution < 1.29 is 0 Å². The molecule has 96 valence electrons. The lowest BCUT2D eigenvalue weighted by Crippen LogP contribution is -2.33. The van der Waals surface area contributed by atoms with Crippen LogP contribution in [-0.4, -0.2) is 36.1 Å². The smallest absolute Gasteiger partial charge is 0.0971 e. The van der Waals surface area contributed by atoms with E-state index in [0.717, 1.165) is 19.4 Å². The summed E-state index contributed by atoms with van der Waals surface area (Å²) in [7, 11) is 0. The maximum Gasteiger partial charge on any atom is 0.0971 e. The van der Waals surface area contributed by atoms with Crippen LogP contribution in [0.4, 0.5) is 0 Å². The van der Waals surface area contributed by atoms with Crippen LogP contribution in [0.25, 0.3) is 0 Å². The van der Waals surface area contributed by atoms with Crippen LogP contribution in [0, 0.1) is 0 Å². The Kier molecular flexibility index (Phi) is 4.95. The number of nitrogens with two attached hydrogens (primary N) is 1. The molecule has 0 aromatic carbocycles. The fourth-order valence-corrected chi connectivity index (χ4v) is 3.53. The van der Waals surface area contributed by atoms with E-state index in [-0.39, 0.29) is 0 Å². The summed E-state index contributed by atoms with van der Waals surface area (Å²) in [6.45, 7) is 6.65. The molecule has 0 bridgehead atoms. The molecule has 1 aromatic heterocycles. The van der Waals surface area contributed by atoms with Gasteiger partial charge in [0.25, 0.3) is 0 Å². The molecule has 2 N–H and O–H groups in total. The number of aromatic nitrogens is 1. The molecule has 1 aliphatic rings. The number of rotatable bonds is 5. The van der Waals surface area contributed by atoms with Crippen molar-refractivity contribution in [2.24, 2.45) is 5.73 Å². The average molecular weight is 253 g/mol. The molecule has 0 spiro atoms. The molecule has 0 amide bonds. The van der Waals surface area contributed by atoms with Gasteiger partial charge in [-0.05, 0) is 45.3 Å². The lowest BCUT2D eigenvalue weighted by Gasteiger charge is -2.30. The first-order valence-electron chi connectivity index (χ1n) is 6.70. The third-order valence-corrected chi connectivity index (χ3v) is 4.72. The number of piperidine rings is 1. The molecule has 3 nitrogen and oxygen atoms in total. The summed E-state index contributed by atoms with van der Waals surface area (Å²) in [6, 6.07) is 0. The van der Waals surface area contributed by atoms with Crippen LogP contribution in [-0.2, 0) is 6.42 Å². The van der Waals surface area contributed by atoms with Crippen LogP contribution >= 0.6 is 11.3 Å². The Morgan fingerprint density at radius 1 is 1.59 bits per heavy atom. The predicted molar refractivity (Wildman–Crippen MR) is 73.6 cm³/mol. The van der Waals surface area contributed by atoms with E-state index in [1.165, 1.54) is 42.4 Å². The van der Waals surface area contributed by atoms with Crippen molar-refractivity contribution in [3.8, 4) is 0 Å². The number of nitrogens with zero attached hydrogens (tertiary/aromatic N) is 2. The minimum absolute atomic E-state index is 0.667. The number of hydrogen-bond donors (Lipinski definition) is 1. The molecule has 1 fully saturated rings. The van der Waals surface area contributed by atoms with Gasteiger partial charge in [-0.15, -0.1) is 11.3 Å². The van der Waals surface area contributed by atoms with Crippen LogP contribution in [0.15, 0.2) is 6.20 Å². The Bertz CT molecular complexity index is 337.